The first kappa shape index (κ1) is 14.6. The number of benzene rings is 2. The Morgan fingerprint density at radius 3 is 1.55 bits per heavy atom. The van der Waals surface area contributed by atoms with Gasteiger partial charge in [-0.25, -0.2) is 0 Å². The lowest BCUT2D eigenvalue weighted by Crippen LogP contribution is -2.20. The van der Waals surface area contributed by atoms with Crippen LogP contribution in [0.1, 0.15) is 39.9 Å². The molecule has 2 aromatic carbocycles. The van der Waals surface area contributed by atoms with Crippen LogP contribution in [0.3, 0.4) is 0 Å². The fourth-order valence-corrected chi connectivity index (χ4v) is 3.10. The number of hydrogen-bond acceptors (Lipinski definition) is 3. The van der Waals surface area contributed by atoms with Crippen molar-refractivity contribution in [3.63, 3.8) is 0 Å². The van der Waals surface area contributed by atoms with E-state index >= 15 is 0 Å². The van der Waals surface area contributed by atoms with Crippen LogP contribution < -0.4 is 9.80 Å². The lowest BCUT2D eigenvalue weighted by molar-refractivity contribution is 0.103. The molecule has 0 bridgehead atoms. The highest BCUT2D eigenvalue weighted by Gasteiger charge is 2.29. The minimum atomic E-state index is 0.138. The smallest absolute Gasteiger partial charge is 0.193 e. The van der Waals surface area contributed by atoms with Gasteiger partial charge in [-0.15, -0.1) is 0 Å². The molecule has 22 heavy (non-hydrogen) atoms. The maximum atomic E-state index is 12.8. The molecule has 114 valence electrons. The molecule has 0 unspecified atom stereocenters. The third kappa shape index (κ3) is 2.17. The van der Waals surface area contributed by atoms with E-state index in [2.05, 4.69) is 28.9 Å². The highest BCUT2D eigenvalue weighted by Crippen LogP contribution is 2.39. The Morgan fingerprint density at radius 1 is 0.773 bits per heavy atom. The molecule has 0 aromatic heterocycles. The predicted molar refractivity (Wildman–Crippen MR) is 92.5 cm³/mol. The van der Waals surface area contributed by atoms with Crippen molar-refractivity contribution < 1.29 is 4.79 Å². The first-order valence-corrected chi connectivity index (χ1v) is 7.57. The molecule has 0 heterocycles. The van der Waals surface area contributed by atoms with Gasteiger partial charge in [0.25, 0.3) is 0 Å². The van der Waals surface area contributed by atoms with Crippen molar-refractivity contribution in [1.29, 1.82) is 0 Å². The Kier molecular flexibility index (Phi) is 3.44. The summed E-state index contributed by atoms with van der Waals surface area (Å²) >= 11 is 0. The molecule has 0 saturated heterocycles. The second kappa shape index (κ2) is 5.16. The Hall–Kier alpha value is -2.29. The minimum absolute atomic E-state index is 0.138. The van der Waals surface area contributed by atoms with E-state index in [9.17, 15) is 4.79 Å². The van der Waals surface area contributed by atoms with E-state index in [4.69, 9.17) is 0 Å². The van der Waals surface area contributed by atoms with Crippen molar-refractivity contribution in [2.24, 2.45) is 0 Å². The molecule has 3 rings (SSSR count). The zero-order valence-electron chi connectivity index (χ0n) is 13.8. The van der Waals surface area contributed by atoms with Crippen LogP contribution in [0.4, 0.5) is 11.4 Å². The number of hydrogen-bond donors (Lipinski definition) is 0. The third-order valence-corrected chi connectivity index (χ3v) is 4.53. The lowest BCUT2D eigenvalue weighted by Gasteiger charge is -2.27. The monoisotopic (exact) mass is 294 g/mol. The maximum absolute atomic E-state index is 12.8. The maximum Gasteiger partial charge on any atom is 0.193 e. The largest absolute Gasteiger partial charge is 0.378 e. The van der Waals surface area contributed by atoms with Gasteiger partial charge >= 0.3 is 0 Å². The highest BCUT2D eigenvalue weighted by molar-refractivity contribution is 6.13. The lowest BCUT2D eigenvalue weighted by atomic mass is 9.78. The van der Waals surface area contributed by atoms with Crippen LogP contribution in [-0.2, 0) is 0 Å². The van der Waals surface area contributed by atoms with Crippen LogP contribution in [0.2, 0.25) is 0 Å². The Labute approximate surface area is 132 Å². The SMILES string of the molecule is CC1c2cc(N(C)C)ccc2C(=O)c2ccc(N(C)C)cc21. The Balaban J connectivity index is 2.17. The Morgan fingerprint density at radius 2 is 1.18 bits per heavy atom. The van der Waals surface area contributed by atoms with Crippen LogP contribution in [-0.4, -0.2) is 34.0 Å². The van der Waals surface area contributed by atoms with Gasteiger partial charge in [-0.1, -0.05) is 6.92 Å². The van der Waals surface area contributed by atoms with Crippen molar-refractivity contribution in [2.75, 3.05) is 38.0 Å². The van der Waals surface area contributed by atoms with Gasteiger partial charge in [0.05, 0.1) is 0 Å². The molecule has 0 amide bonds. The van der Waals surface area contributed by atoms with Crippen molar-refractivity contribution in [3.05, 3.63) is 58.7 Å². The summed E-state index contributed by atoms with van der Waals surface area (Å²) < 4.78 is 0. The number of carbonyl (C=O) groups is 1. The van der Waals surface area contributed by atoms with Crippen LogP contribution >= 0.6 is 0 Å². The third-order valence-electron chi connectivity index (χ3n) is 4.53. The molecule has 2 aromatic rings. The molecule has 0 aliphatic heterocycles. The van der Waals surface area contributed by atoms with E-state index in [-0.39, 0.29) is 11.7 Å². The van der Waals surface area contributed by atoms with E-state index in [1.54, 1.807) is 0 Å². The molecule has 3 heteroatoms. The van der Waals surface area contributed by atoms with E-state index in [1.165, 1.54) is 0 Å². The molecule has 3 nitrogen and oxygen atoms in total. The van der Waals surface area contributed by atoms with Gasteiger partial charge in [-0.2, -0.15) is 0 Å². The predicted octanol–water partition coefficient (Wildman–Crippen LogP) is 3.51. The standard InChI is InChI=1S/C19H22N2O/c1-12-17-10-13(20(2)3)6-8-15(17)19(22)16-9-7-14(21(4)5)11-18(12)16/h6-12H,1-5H3. The molecule has 0 saturated carbocycles. The molecule has 0 atom stereocenters. The topological polar surface area (TPSA) is 23.6 Å². The minimum Gasteiger partial charge on any atom is -0.378 e. The number of ketones is 1. The van der Waals surface area contributed by atoms with Crippen LogP contribution in [0.5, 0.6) is 0 Å². The zero-order valence-corrected chi connectivity index (χ0v) is 13.8. The molecule has 0 spiro atoms. The zero-order chi connectivity index (χ0) is 16.0. The van der Waals surface area contributed by atoms with E-state index in [1.807, 2.05) is 52.5 Å². The molecular formula is C19H22N2O. The number of carbonyl (C=O) groups excluding carboxylic acids is 1. The van der Waals surface area contributed by atoms with Gasteiger partial charge in [-0.3, -0.25) is 4.79 Å². The molecule has 0 fully saturated rings. The van der Waals surface area contributed by atoms with Crippen molar-refractivity contribution in [2.45, 2.75) is 12.8 Å². The molecule has 1 aliphatic rings. The summed E-state index contributed by atoms with van der Waals surface area (Å²) in [5, 5.41) is 0. The van der Waals surface area contributed by atoms with Crippen molar-refractivity contribution in [1.82, 2.24) is 0 Å². The highest BCUT2D eigenvalue weighted by atomic mass is 16.1. The summed E-state index contributed by atoms with van der Waals surface area (Å²) in [5.41, 5.74) is 6.18. The van der Waals surface area contributed by atoms with Crippen molar-refractivity contribution >= 4 is 17.2 Å². The van der Waals surface area contributed by atoms with Crippen LogP contribution in [0.15, 0.2) is 36.4 Å². The van der Waals surface area contributed by atoms with Crippen LogP contribution in [0, 0.1) is 0 Å². The Bertz CT molecular complexity index is 686. The summed E-state index contributed by atoms with van der Waals surface area (Å²) in [6.45, 7) is 2.18. The number of rotatable bonds is 2. The molecule has 0 radical (unpaired) electrons. The number of anilines is 2. The molecule has 0 N–H and O–H groups in total. The summed E-state index contributed by atoms with van der Waals surface area (Å²) in [5.74, 6) is 0.362. The summed E-state index contributed by atoms with van der Waals surface area (Å²) in [6.07, 6.45) is 0. The second-order valence-corrected chi connectivity index (χ2v) is 6.38. The van der Waals surface area contributed by atoms with Gasteiger partial charge < -0.3 is 9.80 Å². The van der Waals surface area contributed by atoms with Gasteiger partial charge in [0.15, 0.2) is 5.78 Å². The number of fused-ring (bicyclic) bond motifs is 2. The van der Waals surface area contributed by atoms with Gasteiger partial charge in [0, 0.05) is 56.6 Å². The second-order valence-electron chi connectivity index (χ2n) is 6.38. The first-order chi connectivity index (χ1) is 10.4. The summed E-state index contributed by atoms with van der Waals surface area (Å²) in [7, 11) is 8.09. The molecular weight excluding hydrogens is 272 g/mol. The van der Waals surface area contributed by atoms with Gasteiger partial charge in [0.2, 0.25) is 0 Å². The van der Waals surface area contributed by atoms with Crippen LogP contribution in [0.25, 0.3) is 0 Å². The fraction of sp³-hybridized carbons (Fsp3) is 0.316. The van der Waals surface area contributed by atoms with E-state index in [0.717, 1.165) is 33.6 Å². The summed E-state index contributed by atoms with van der Waals surface area (Å²) in [6, 6.07) is 12.2. The quantitative estimate of drug-likeness (QED) is 0.847. The normalized spacial score (nSPS) is 13.6. The summed E-state index contributed by atoms with van der Waals surface area (Å²) in [4.78, 5) is 16.9. The van der Waals surface area contributed by atoms with E-state index < -0.39 is 0 Å². The van der Waals surface area contributed by atoms with Gasteiger partial charge in [-0.05, 0) is 47.5 Å². The van der Waals surface area contributed by atoms with E-state index in [0.29, 0.717) is 0 Å². The number of nitrogens with zero attached hydrogens (tertiary/aromatic N) is 2. The van der Waals surface area contributed by atoms with Crippen molar-refractivity contribution in [3.8, 4) is 0 Å². The molecule has 1 aliphatic carbocycles. The van der Waals surface area contributed by atoms with Gasteiger partial charge in [0.1, 0.15) is 0 Å². The average Bonchev–Trinajstić information content (AvgIpc) is 2.51. The average molecular weight is 294 g/mol. The fourth-order valence-electron chi connectivity index (χ4n) is 3.10. The first-order valence-electron chi connectivity index (χ1n) is 7.57.